The van der Waals surface area contributed by atoms with Crippen LogP contribution in [0.25, 0.3) is 0 Å². The van der Waals surface area contributed by atoms with E-state index in [0.29, 0.717) is 0 Å². The lowest BCUT2D eigenvalue weighted by Gasteiger charge is -2.24. The number of carbonyl (C=O) groups excluding carboxylic acids is 1. The first-order chi connectivity index (χ1) is 8.66. The molecule has 0 aliphatic carbocycles. The van der Waals surface area contributed by atoms with E-state index in [1.807, 2.05) is 0 Å². The van der Waals surface area contributed by atoms with Gasteiger partial charge in [-0.1, -0.05) is 13.8 Å². The summed E-state index contributed by atoms with van der Waals surface area (Å²) in [6.07, 6.45) is -2.02. The molecule has 0 aliphatic rings. The van der Waals surface area contributed by atoms with E-state index in [9.17, 15) is 26.4 Å². The van der Waals surface area contributed by atoms with Crippen LogP contribution in [0, 0.1) is 5.92 Å². The summed E-state index contributed by atoms with van der Waals surface area (Å²) in [4.78, 5) is 11.7. The third-order valence-corrected chi connectivity index (χ3v) is 2.93. The van der Waals surface area contributed by atoms with Crippen molar-refractivity contribution in [1.29, 1.82) is 0 Å². The largest absolute Gasteiger partial charge is 0.523 e. The summed E-state index contributed by atoms with van der Waals surface area (Å²) in [5, 5.41) is 0. The number of ether oxygens (including phenoxy) is 1. The number of hydrogen-bond donors (Lipinski definition) is 0. The zero-order chi connectivity index (χ0) is 16.4. The summed E-state index contributed by atoms with van der Waals surface area (Å²) in [6, 6.07) is 0. The molecular formula is C11H19F3O5S. The van der Waals surface area contributed by atoms with Gasteiger partial charge >= 0.3 is 21.6 Å². The maximum absolute atomic E-state index is 12.3. The Balaban J connectivity index is 5.15. The van der Waals surface area contributed by atoms with Crippen molar-refractivity contribution in [3.63, 3.8) is 0 Å². The molecule has 0 radical (unpaired) electrons. The van der Waals surface area contributed by atoms with Crippen LogP contribution in [-0.4, -0.2) is 31.6 Å². The quantitative estimate of drug-likeness (QED) is 0.442. The fourth-order valence-corrected chi connectivity index (χ4v) is 1.75. The van der Waals surface area contributed by atoms with Crippen LogP contribution in [0.15, 0.2) is 0 Å². The van der Waals surface area contributed by atoms with E-state index in [1.165, 1.54) is 20.8 Å². The van der Waals surface area contributed by atoms with Crippen LogP contribution >= 0.6 is 0 Å². The highest BCUT2D eigenvalue weighted by Gasteiger charge is 2.50. The normalized spacial score (nSPS) is 15.2. The van der Waals surface area contributed by atoms with Gasteiger partial charge < -0.3 is 4.74 Å². The van der Waals surface area contributed by atoms with E-state index >= 15 is 0 Å². The van der Waals surface area contributed by atoms with Crippen molar-refractivity contribution in [2.75, 3.05) is 0 Å². The number of hydrogen-bond acceptors (Lipinski definition) is 5. The number of rotatable bonds is 5. The smallest absolute Gasteiger partial charge is 0.458 e. The number of carbonyl (C=O) groups is 1. The zero-order valence-electron chi connectivity index (χ0n) is 11.9. The molecule has 0 N–H and O–H groups in total. The fourth-order valence-electron chi connectivity index (χ4n) is 1.18. The van der Waals surface area contributed by atoms with E-state index < -0.39 is 33.3 Å². The maximum atomic E-state index is 12.3. The lowest BCUT2D eigenvalue weighted by molar-refractivity contribution is -0.164. The van der Waals surface area contributed by atoms with Gasteiger partial charge in [-0.15, -0.1) is 0 Å². The van der Waals surface area contributed by atoms with Crippen LogP contribution in [0.1, 0.15) is 41.0 Å². The Hall–Kier alpha value is -0.830. The lowest BCUT2D eigenvalue weighted by Crippen LogP contribution is -2.38. The Morgan fingerprint density at radius 2 is 1.60 bits per heavy atom. The molecule has 120 valence electrons. The second-order valence-electron chi connectivity index (χ2n) is 5.65. The van der Waals surface area contributed by atoms with E-state index in [1.54, 1.807) is 13.8 Å². The summed E-state index contributed by atoms with van der Waals surface area (Å²) >= 11 is 0. The molecule has 0 fully saturated rings. The molecule has 0 saturated heterocycles. The molecule has 0 aromatic carbocycles. The summed E-state index contributed by atoms with van der Waals surface area (Å²) in [6.45, 7) is 7.75. The number of esters is 1. The first-order valence-corrected chi connectivity index (χ1v) is 7.29. The van der Waals surface area contributed by atoms with Gasteiger partial charge in [0.1, 0.15) is 5.60 Å². The molecule has 0 aromatic rings. The highest BCUT2D eigenvalue weighted by Crippen LogP contribution is 2.27. The van der Waals surface area contributed by atoms with Gasteiger partial charge in [-0.3, -0.25) is 0 Å². The average Bonchev–Trinajstić information content (AvgIpc) is 2.10. The molecule has 0 aliphatic heterocycles. The van der Waals surface area contributed by atoms with Gasteiger partial charge in [-0.05, 0) is 33.1 Å². The molecule has 5 nitrogen and oxygen atoms in total. The summed E-state index contributed by atoms with van der Waals surface area (Å²) in [5.41, 5.74) is -6.54. The van der Waals surface area contributed by atoms with E-state index in [-0.39, 0.29) is 12.3 Å². The van der Waals surface area contributed by atoms with Crippen LogP contribution in [0.2, 0.25) is 0 Å². The van der Waals surface area contributed by atoms with Gasteiger partial charge in [-0.25, -0.2) is 8.98 Å². The van der Waals surface area contributed by atoms with Gasteiger partial charge in [0.05, 0.1) is 0 Å². The highest BCUT2D eigenvalue weighted by molar-refractivity contribution is 7.87. The number of halogens is 3. The lowest BCUT2D eigenvalue weighted by atomic mass is 10.1. The summed E-state index contributed by atoms with van der Waals surface area (Å²) in [7, 11) is -5.84. The predicted octanol–water partition coefficient (Wildman–Crippen LogP) is 2.61. The van der Waals surface area contributed by atoms with Gasteiger partial charge in [-0.2, -0.15) is 21.6 Å². The molecule has 0 unspecified atom stereocenters. The second kappa shape index (κ2) is 6.30. The molecule has 0 saturated carbocycles. The Kier molecular flexibility index (Phi) is 6.03. The third kappa shape index (κ3) is 6.56. The molecule has 0 bridgehead atoms. The zero-order valence-corrected chi connectivity index (χ0v) is 12.8. The summed E-state index contributed by atoms with van der Waals surface area (Å²) in [5.74, 6) is -1.39. The fraction of sp³-hybridized carbons (Fsp3) is 0.909. The van der Waals surface area contributed by atoms with Crippen LogP contribution in [0.3, 0.4) is 0 Å². The standard InChI is InChI=1S/C11H19F3O5S/c1-7(2)6-8(9(15)18-10(3,4)5)19-20(16,17)11(12,13)14/h7-8H,6H2,1-5H3/t8-/m0/s1. The van der Waals surface area contributed by atoms with Gasteiger partial charge in [0.2, 0.25) is 0 Å². The van der Waals surface area contributed by atoms with Crippen molar-refractivity contribution in [2.24, 2.45) is 5.92 Å². The van der Waals surface area contributed by atoms with Crippen molar-refractivity contribution < 1.29 is 35.3 Å². The average molecular weight is 320 g/mol. The summed E-state index contributed by atoms with van der Waals surface area (Å²) < 4.78 is 67.6. The van der Waals surface area contributed by atoms with E-state index in [2.05, 4.69) is 4.18 Å². The SMILES string of the molecule is CC(C)C[C@H](OS(=O)(=O)C(F)(F)F)C(=O)OC(C)(C)C. The predicted molar refractivity (Wildman–Crippen MR) is 65.1 cm³/mol. The molecular weight excluding hydrogens is 301 g/mol. The molecule has 0 rings (SSSR count). The molecule has 0 aromatic heterocycles. The Morgan fingerprint density at radius 1 is 1.15 bits per heavy atom. The Bertz CT molecular complexity index is 434. The first kappa shape index (κ1) is 19.2. The van der Waals surface area contributed by atoms with Crippen LogP contribution in [0.5, 0.6) is 0 Å². The molecule has 1 atom stereocenters. The van der Waals surface area contributed by atoms with Crippen molar-refractivity contribution in [2.45, 2.75) is 58.3 Å². The van der Waals surface area contributed by atoms with Crippen molar-refractivity contribution >= 4 is 16.1 Å². The minimum absolute atomic E-state index is 0.204. The molecule has 0 spiro atoms. The van der Waals surface area contributed by atoms with Crippen LogP contribution < -0.4 is 0 Å². The van der Waals surface area contributed by atoms with Gasteiger partial charge in [0.15, 0.2) is 6.10 Å². The van der Waals surface area contributed by atoms with Crippen molar-refractivity contribution in [3.8, 4) is 0 Å². The van der Waals surface area contributed by atoms with E-state index in [4.69, 9.17) is 4.74 Å². The van der Waals surface area contributed by atoms with Gasteiger partial charge in [0.25, 0.3) is 0 Å². The topological polar surface area (TPSA) is 69.7 Å². The molecule has 0 amide bonds. The monoisotopic (exact) mass is 320 g/mol. The van der Waals surface area contributed by atoms with Crippen LogP contribution in [0.4, 0.5) is 13.2 Å². The van der Waals surface area contributed by atoms with Crippen LogP contribution in [-0.2, 0) is 23.8 Å². The first-order valence-electron chi connectivity index (χ1n) is 5.88. The Labute approximate surface area is 116 Å². The highest BCUT2D eigenvalue weighted by atomic mass is 32.2. The minimum Gasteiger partial charge on any atom is -0.458 e. The maximum Gasteiger partial charge on any atom is 0.523 e. The van der Waals surface area contributed by atoms with Crippen molar-refractivity contribution in [1.82, 2.24) is 0 Å². The van der Waals surface area contributed by atoms with Crippen molar-refractivity contribution in [3.05, 3.63) is 0 Å². The number of alkyl halides is 3. The van der Waals surface area contributed by atoms with Gasteiger partial charge in [0, 0.05) is 0 Å². The third-order valence-electron chi connectivity index (χ3n) is 1.88. The second-order valence-corrected chi connectivity index (χ2v) is 7.21. The molecule has 9 heteroatoms. The Morgan fingerprint density at radius 3 is 1.90 bits per heavy atom. The molecule has 0 heterocycles. The van der Waals surface area contributed by atoms with E-state index in [0.717, 1.165) is 0 Å². The minimum atomic E-state index is -5.84. The molecule has 20 heavy (non-hydrogen) atoms.